The van der Waals surface area contributed by atoms with Gasteiger partial charge in [-0.2, -0.15) is 0 Å². The van der Waals surface area contributed by atoms with Gasteiger partial charge in [0.25, 0.3) is 11.8 Å². The minimum atomic E-state index is -1.49. The van der Waals surface area contributed by atoms with E-state index in [2.05, 4.69) is 5.32 Å². The SMILES string of the molecule is O=C(CCN1C(=O)C=CC1=O)NCCOC1OC(O)[C@@H](O)C2(CC2)C1=O. The van der Waals surface area contributed by atoms with Crippen molar-refractivity contribution in [3.05, 3.63) is 12.2 Å². The number of nitrogens with zero attached hydrogens (tertiary/aromatic N) is 1. The molecule has 3 N–H and O–H groups in total. The highest BCUT2D eigenvalue weighted by molar-refractivity contribution is 6.13. The van der Waals surface area contributed by atoms with E-state index in [-0.39, 0.29) is 32.0 Å². The highest BCUT2D eigenvalue weighted by Crippen LogP contribution is 2.53. The van der Waals surface area contributed by atoms with E-state index in [9.17, 15) is 29.4 Å². The number of aliphatic hydroxyl groups excluding tert-OH is 2. The van der Waals surface area contributed by atoms with E-state index in [0.717, 1.165) is 17.1 Å². The molecule has 0 aromatic rings. The summed E-state index contributed by atoms with van der Waals surface area (Å²) in [6, 6.07) is 0. The van der Waals surface area contributed by atoms with Gasteiger partial charge in [0.1, 0.15) is 6.10 Å². The zero-order chi connectivity index (χ0) is 18.9. The first kappa shape index (κ1) is 18.6. The van der Waals surface area contributed by atoms with Crippen LogP contribution in [0.3, 0.4) is 0 Å². The predicted octanol–water partition coefficient (Wildman–Crippen LogP) is -2.18. The molecule has 3 amide bonds. The molecule has 3 rings (SSSR count). The first-order valence-corrected chi connectivity index (χ1v) is 8.33. The molecule has 1 saturated carbocycles. The molecule has 1 saturated heterocycles. The number of rotatable bonds is 7. The molecule has 0 aromatic heterocycles. The van der Waals surface area contributed by atoms with Crippen molar-refractivity contribution in [1.82, 2.24) is 10.2 Å². The van der Waals surface area contributed by atoms with Crippen molar-refractivity contribution in [2.45, 2.75) is 37.9 Å². The van der Waals surface area contributed by atoms with Crippen LogP contribution in [0, 0.1) is 5.41 Å². The third-order valence-corrected chi connectivity index (χ3v) is 4.75. The molecule has 1 aliphatic carbocycles. The molecule has 0 radical (unpaired) electrons. The van der Waals surface area contributed by atoms with Crippen LogP contribution < -0.4 is 5.32 Å². The normalized spacial score (nSPS) is 29.5. The number of ketones is 1. The molecule has 3 atom stereocenters. The number of hydrogen-bond donors (Lipinski definition) is 3. The standard InChI is InChI=1S/C16H20N2O8/c19-9(3-7-18-10(20)1-2-11(18)21)17-6-8-25-15-13(23)16(4-5-16)12(22)14(24)26-15/h1-2,12,14-15,22,24H,3-8H2,(H,17,19)/t12-,14?,15?/m1/s1. The van der Waals surface area contributed by atoms with Crippen LogP contribution in [0.5, 0.6) is 0 Å². The molecule has 26 heavy (non-hydrogen) atoms. The van der Waals surface area contributed by atoms with E-state index in [1.54, 1.807) is 0 Å². The number of hydrogen-bond acceptors (Lipinski definition) is 8. The Morgan fingerprint density at radius 1 is 1.27 bits per heavy atom. The van der Waals surface area contributed by atoms with E-state index in [1.165, 1.54) is 0 Å². The van der Waals surface area contributed by atoms with E-state index in [1.807, 2.05) is 0 Å². The second-order valence-corrected chi connectivity index (χ2v) is 6.46. The van der Waals surface area contributed by atoms with Crippen LogP contribution in [-0.4, -0.2) is 77.0 Å². The van der Waals surface area contributed by atoms with Gasteiger partial charge in [0, 0.05) is 31.7 Å². The first-order valence-electron chi connectivity index (χ1n) is 8.33. The summed E-state index contributed by atoms with van der Waals surface area (Å²) in [4.78, 5) is 47.6. The lowest BCUT2D eigenvalue weighted by atomic mass is 9.90. The van der Waals surface area contributed by atoms with Crippen LogP contribution in [0.15, 0.2) is 12.2 Å². The summed E-state index contributed by atoms with van der Waals surface area (Å²) < 4.78 is 10.2. The minimum Gasteiger partial charge on any atom is -0.387 e. The van der Waals surface area contributed by atoms with Crippen LogP contribution in [0.2, 0.25) is 0 Å². The molecule has 0 bridgehead atoms. The Labute approximate surface area is 148 Å². The molecule has 10 heteroatoms. The number of imide groups is 1. The van der Waals surface area contributed by atoms with Gasteiger partial charge >= 0.3 is 0 Å². The molecule has 2 aliphatic heterocycles. The summed E-state index contributed by atoms with van der Waals surface area (Å²) in [5.74, 6) is -1.69. The summed E-state index contributed by atoms with van der Waals surface area (Å²) in [7, 11) is 0. The molecular formula is C16H20N2O8. The third-order valence-electron chi connectivity index (χ3n) is 4.75. The van der Waals surface area contributed by atoms with Crippen molar-refractivity contribution >= 4 is 23.5 Å². The van der Waals surface area contributed by atoms with Gasteiger partial charge < -0.3 is 25.0 Å². The van der Waals surface area contributed by atoms with Crippen LogP contribution in [0.4, 0.5) is 0 Å². The van der Waals surface area contributed by atoms with E-state index >= 15 is 0 Å². The maximum Gasteiger partial charge on any atom is 0.253 e. The maximum atomic E-state index is 12.2. The zero-order valence-electron chi connectivity index (χ0n) is 13.9. The van der Waals surface area contributed by atoms with Crippen molar-refractivity contribution in [3.8, 4) is 0 Å². The van der Waals surface area contributed by atoms with Crippen molar-refractivity contribution in [2.75, 3.05) is 19.7 Å². The number of aliphatic hydroxyl groups is 2. The summed E-state index contributed by atoms with van der Waals surface area (Å²) >= 11 is 0. The van der Waals surface area contributed by atoms with Crippen molar-refractivity contribution in [2.24, 2.45) is 5.41 Å². The van der Waals surface area contributed by atoms with Gasteiger partial charge in [0.05, 0.1) is 12.0 Å². The van der Waals surface area contributed by atoms with Crippen molar-refractivity contribution < 1.29 is 38.9 Å². The Bertz CT molecular complexity index is 639. The van der Waals surface area contributed by atoms with Crippen molar-refractivity contribution in [3.63, 3.8) is 0 Å². The Morgan fingerprint density at radius 3 is 2.54 bits per heavy atom. The van der Waals surface area contributed by atoms with Gasteiger partial charge in [-0.3, -0.25) is 24.1 Å². The van der Waals surface area contributed by atoms with Gasteiger partial charge in [0.15, 0.2) is 12.1 Å². The lowest BCUT2D eigenvalue weighted by Gasteiger charge is -2.35. The average molecular weight is 368 g/mol. The van der Waals surface area contributed by atoms with Crippen LogP contribution >= 0.6 is 0 Å². The highest BCUT2D eigenvalue weighted by atomic mass is 16.7. The molecular weight excluding hydrogens is 348 g/mol. The second kappa shape index (κ2) is 7.23. The molecule has 2 unspecified atom stereocenters. The molecule has 3 aliphatic rings. The summed E-state index contributed by atoms with van der Waals surface area (Å²) in [5, 5.41) is 22.0. The largest absolute Gasteiger partial charge is 0.387 e. The summed E-state index contributed by atoms with van der Waals surface area (Å²) in [6.07, 6.45) is -0.815. The highest BCUT2D eigenvalue weighted by Gasteiger charge is 2.63. The quantitative estimate of drug-likeness (QED) is 0.340. The van der Waals surface area contributed by atoms with E-state index in [0.29, 0.717) is 12.8 Å². The fourth-order valence-corrected chi connectivity index (χ4v) is 3.02. The molecule has 1 spiro atoms. The van der Waals surface area contributed by atoms with Crippen LogP contribution in [-0.2, 0) is 28.7 Å². The first-order chi connectivity index (χ1) is 12.3. The molecule has 2 fully saturated rings. The number of Topliss-reactive ketones (excluding diaryl/α,β-unsaturated/α-hetero) is 1. The smallest absolute Gasteiger partial charge is 0.253 e. The van der Waals surface area contributed by atoms with Crippen LogP contribution in [0.1, 0.15) is 19.3 Å². The molecule has 0 aromatic carbocycles. The molecule has 142 valence electrons. The predicted molar refractivity (Wildman–Crippen MR) is 83.0 cm³/mol. The Morgan fingerprint density at radius 2 is 1.92 bits per heavy atom. The van der Waals surface area contributed by atoms with E-state index < -0.39 is 41.7 Å². The number of carbonyl (C=O) groups is 4. The third kappa shape index (κ3) is 3.54. The molecule has 10 nitrogen and oxygen atoms in total. The number of amides is 3. The van der Waals surface area contributed by atoms with Gasteiger partial charge in [-0.1, -0.05) is 0 Å². The number of nitrogens with one attached hydrogen (secondary N) is 1. The number of ether oxygens (including phenoxy) is 2. The summed E-state index contributed by atoms with van der Waals surface area (Å²) in [6.45, 7) is 0.0239. The Balaban J connectivity index is 1.35. The topological polar surface area (TPSA) is 142 Å². The Kier molecular flexibility index (Phi) is 5.19. The fraction of sp³-hybridized carbons (Fsp3) is 0.625. The van der Waals surface area contributed by atoms with Gasteiger partial charge in [-0.25, -0.2) is 0 Å². The molecule has 2 heterocycles. The van der Waals surface area contributed by atoms with Gasteiger partial charge in [-0.05, 0) is 12.8 Å². The zero-order valence-corrected chi connectivity index (χ0v) is 13.9. The van der Waals surface area contributed by atoms with Crippen molar-refractivity contribution in [1.29, 1.82) is 0 Å². The lowest BCUT2D eigenvalue weighted by molar-refractivity contribution is -0.280. The Hall–Kier alpha value is -2.14. The average Bonchev–Trinajstić information content (AvgIpc) is 3.35. The fourth-order valence-electron chi connectivity index (χ4n) is 3.02. The summed E-state index contributed by atoms with van der Waals surface area (Å²) in [5.41, 5.74) is -0.978. The number of carbonyl (C=O) groups excluding carboxylic acids is 4. The van der Waals surface area contributed by atoms with E-state index in [4.69, 9.17) is 9.47 Å². The second-order valence-electron chi connectivity index (χ2n) is 6.46. The van der Waals surface area contributed by atoms with Gasteiger partial charge in [-0.15, -0.1) is 0 Å². The lowest BCUT2D eigenvalue weighted by Crippen LogP contribution is -2.54. The minimum absolute atomic E-state index is 0.0197. The monoisotopic (exact) mass is 368 g/mol. The van der Waals surface area contributed by atoms with Gasteiger partial charge in [0.2, 0.25) is 12.2 Å². The maximum absolute atomic E-state index is 12.2. The van der Waals surface area contributed by atoms with Crippen LogP contribution in [0.25, 0.3) is 0 Å².